The molecule has 1 aliphatic carbocycles. The highest BCUT2D eigenvalue weighted by atomic mass is 16.6. The van der Waals surface area contributed by atoms with E-state index < -0.39 is 17.1 Å². The largest absolute Gasteiger partial charge is 0.454 e. The number of fused-ring (bicyclic) bond motifs is 5. The highest BCUT2D eigenvalue weighted by Gasteiger charge is 2.71. The van der Waals surface area contributed by atoms with Gasteiger partial charge in [0.25, 0.3) is 5.79 Å². The lowest BCUT2D eigenvalue weighted by molar-refractivity contribution is -0.172. The van der Waals surface area contributed by atoms with Crippen LogP contribution in [0.25, 0.3) is 0 Å². The predicted molar refractivity (Wildman–Crippen MR) is 91.1 cm³/mol. The van der Waals surface area contributed by atoms with E-state index in [-0.39, 0.29) is 22.7 Å². The van der Waals surface area contributed by atoms with Crippen molar-refractivity contribution in [2.75, 3.05) is 5.73 Å². The molecule has 4 rings (SSSR count). The monoisotopic (exact) mass is 338 g/mol. The average Bonchev–Trinajstić information content (AvgIpc) is 2.93. The summed E-state index contributed by atoms with van der Waals surface area (Å²) in [4.78, 5) is 24.6. The van der Waals surface area contributed by atoms with Gasteiger partial charge in [-0.05, 0) is 23.6 Å². The molecule has 1 heterocycles. The van der Waals surface area contributed by atoms with E-state index in [0.717, 1.165) is 5.56 Å². The maximum atomic E-state index is 13.3. The SMILES string of the molecule is CC(C)c1ccc2c(c1)OC1(O)c3cccc(N)c3C(=O)C21NC=O. The number of carbonyl (C=O) groups excluding carboxylic acids is 2. The van der Waals surface area contributed by atoms with Gasteiger partial charge in [0, 0.05) is 16.8 Å². The summed E-state index contributed by atoms with van der Waals surface area (Å²) in [6.45, 7) is 4.07. The number of ether oxygens (including phenoxy) is 1. The molecule has 2 aromatic rings. The van der Waals surface area contributed by atoms with Crippen molar-refractivity contribution in [2.45, 2.75) is 31.1 Å². The number of benzene rings is 2. The number of anilines is 1. The van der Waals surface area contributed by atoms with E-state index in [2.05, 4.69) is 5.32 Å². The normalized spacial score (nSPS) is 26.0. The molecule has 4 N–H and O–H groups in total. The number of Topliss-reactive ketones (excluding diaryl/α,β-unsaturated/α-hetero) is 1. The van der Waals surface area contributed by atoms with E-state index >= 15 is 0 Å². The van der Waals surface area contributed by atoms with E-state index in [9.17, 15) is 14.7 Å². The van der Waals surface area contributed by atoms with Gasteiger partial charge in [0.1, 0.15) is 5.75 Å². The van der Waals surface area contributed by atoms with Crippen molar-refractivity contribution in [3.63, 3.8) is 0 Å². The maximum Gasteiger partial charge on any atom is 0.271 e. The van der Waals surface area contributed by atoms with Crippen LogP contribution in [-0.4, -0.2) is 17.3 Å². The van der Waals surface area contributed by atoms with Gasteiger partial charge in [-0.3, -0.25) is 9.59 Å². The number of aliphatic hydroxyl groups is 1. The Morgan fingerprint density at radius 2 is 2.00 bits per heavy atom. The van der Waals surface area contributed by atoms with Crippen molar-refractivity contribution in [1.29, 1.82) is 0 Å². The van der Waals surface area contributed by atoms with Crippen molar-refractivity contribution >= 4 is 17.9 Å². The fourth-order valence-electron chi connectivity index (χ4n) is 3.87. The van der Waals surface area contributed by atoms with Crippen LogP contribution in [-0.2, 0) is 16.1 Å². The first kappa shape index (κ1) is 15.7. The van der Waals surface area contributed by atoms with Crippen LogP contribution in [0.3, 0.4) is 0 Å². The Bertz CT molecular complexity index is 924. The Labute approximate surface area is 144 Å². The lowest BCUT2D eigenvalue weighted by Crippen LogP contribution is -2.58. The summed E-state index contributed by atoms with van der Waals surface area (Å²) in [5.74, 6) is -1.89. The van der Waals surface area contributed by atoms with Crippen LogP contribution < -0.4 is 15.8 Å². The van der Waals surface area contributed by atoms with Gasteiger partial charge in [0.2, 0.25) is 17.7 Å². The van der Waals surface area contributed by atoms with Gasteiger partial charge in [0.15, 0.2) is 0 Å². The number of nitrogens with one attached hydrogen (secondary N) is 1. The molecule has 6 heteroatoms. The van der Waals surface area contributed by atoms with Crippen LogP contribution in [0.2, 0.25) is 0 Å². The predicted octanol–water partition coefficient (Wildman–Crippen LogP) is 1.77. The molecule has 25 heavy (non-hydrogen) atoms. The van der Waals surface area contributed by atoms with Crippen molar-refractivity contribution in [1.82, 2.24) is 5.32 Å². The molecule has 2 unspecified atom stereocenters. The molecule has 2 atom stereocenters. The van der Waals surface area contributed by atoms with Gasteiger partial charge < -0.3 is 20.9 Å². The average molecular weight is 338 g/mol. The molecular formula is C19H18N2O4. The Kier molecular flexibility index (Phi) is 3.02. The lowest BCUT2D eigenvalue weighted by atomic mass is 9.82. The van der Waals surface area contributed by atoms with Gasteiger partial charge in [-0.1, -0.05) is 38.1 Å². The second-order valence-electron chi connectivity index (χ2n) is 6.77. The van der Waals surface area contributed by atoms with Crippen LogP contribution in [0.15, 0.2) is 36.4 Å². The van der Waals surface area contributed by atoms with Crippen molar-refractivity contribution in [3.8, 4) is 5.75 Å². The second kappa shape index (κ2) is 4.83. The van der Waals surface area contributed by atoms with Gasteiger partial charge in [-0.2, -0.15) is 0 Å². The fraction of sp³-hybridized carbons (Fsp3) is 0.263. The standard InChI is InChI=1S/C19H18N2O4/c1-10(2)11-6-7-12-15(8-11)25-19(24)13-4-3-5-14(20)16(13)17(23)18(12,19)21-9-22/h3-10,24H,20H2,1-2H3,(H,21,22). The number of nitrogen functional groups attached to an aromatic ring is 1. The molecule has 2 aromatic carbocycles. The van der Waals surface area contributed by atoms with Gasteiger partial charge in [-0.15, -0.1) is 0 Å². The van der Waals surface area contributed by atoms with E-state index in [1.807, 2.05) is 19.9 Å². The van der Waals surface area contributed by atoms with Crippen molar-refractivity contribution < 1.29 is 19.4 Å². The number of carbonyl (C=O) groups is 2. The zero-order chi connectivity index (χ0) is 18.0. The van der Waals surface area contributed by atoms with Crippen LogP contribution in [0.5, 0.6) is 5.75 Å². The zero-order valence-corrected chi connectivity index (χ0v) is 13.9. The molecule has 128 valence electrons. The Balaban J connectivity index is 2.02. The summed E-state index contributed by atoms with van der Waals surface area (Å²) in [6.07, 6.45) is 0.403. The number of hydrogen-bond donors (Lipinski definition) is 3. The first-order valence-corrected chi connectivity index (χ1v) is 8.07. The topological polar surface area (TPSA) is 102 Å². The summed E-state index contributed by atoms with van der Waals surface area (Å²) < 4.78 is 5.87. The first-order chi connectivity index (χ1) is 11.9. The smallest absolute Gasteiger partial charge is 0.271 e. The highest BCUT2D eigenvalue weighted by molar-refractivity contribution is 6.14. The summed E-state index contributed by atoms with van der Waals surface area (Å²) in [6, 6.07) is 10.2. The molecule has 1 aliphatic heterocycles. The lowest BCUT2D eigenvalue weighted by Gasteiger charge is -2.32. The molecular weight excluding hydrogens is 320 g/mol. The first-order valence-electron chi connectivity index (χ1n) is 8.07. The summed E-state index contributed by atoms with van der Waals surface area (Å²) in [5.41, 5.74) is 6.32. The Morgan fingerprint density at radius 3 is 2.68 bits per heavy atom. The van der Waals surface area contributed by atoms with E-state index in [4.69, 9.17) is 10.5 Å². The molecule has 0 bridgehead atoms. The Hall–Kier alpha value is -2.86. The van der Waals surface area contributed by atoms with Crippen molar-refractivity contribution in [2.24, 2.45) is 0 Å². The van der Waals surface area contributed by atoms with Crippen molar-refractivity contribution in [3.05, 3.63) is 58.7 Å². The van der Waals surface area contributed by atoms with Crippen LogP contribution >= 0.6 is 0 Å². The van der Waals surface area contributed by atoms with Crippen LogP contribution in [0, 0.1) is 0 Å². The summed E-state index contributed by atoms with van der Waals surface area (Å²) in [7, 11) is 0. The van der Waals surface area contributed by atoms with E-state index in [1.54, 1.807) is 30.3 Å². The van der Waals surface area contributed by atoms with E-state index in [0.29, 0.717) is 17.7 Å². The maximum absolute atomic E-state index is 13.3. The molecule has 0 saturated heterocycles. The third-order valence-corrected chi connectivity index (χ3v) is 5.15. The quantitative estimate of drug-likeness (QED) is 0.585. The minimum Gasteiger partial charge on any atom is -0.454 e. The highest BCUT2D eigenvalue weighted by Crippen LogP contribution is 2.58. The molecule has 0 saturated carbocycles. The van der Waals surface area contributed by atoms with Gasteiger partial charge >= 0.3 is 0 Å². The molecule has 0 spiro atoms. The molecule has 6 nitrogen and oxygen atoms in total. The second-order valence-corrected chi connectivity index (χ2v) is 6.77. The van der Waals surface area contributed by atoms with Gasteiger partial charge in [0.05, 0.1) is 5.56 Å². The minimum atomic E-state index is -2.03. The molecule has 0 radical (unpaired) electrons. The third kappa shape index (κ3) is 1.67. The third-order valence-electron chi connectivity index (χ3n) is 5.15. The number of hydrogen-bond acceptors (Lipinski definition) is 5. The number of nitrogens with two attached hydrogens (primary N) is 1. The summed E-state index contributed by atoms with van der Waals surface area (Å²) in [5, 5.41) is 13.9. The molecule has 0 aromatic heterocycles. The van der Waals surface area contributed by atoms with Crippen LogP contribution in [0.1, 0.15) is 46.8 Å². The number of rotatable bonds is 3. The minimum absolute atomic E-state index is 0.179. The fourth-order valence-corrected chi connectivity index (χ4v) is 3.87. The number of amides is 1. The molecule has 1 amide bonds. The van der Waals surface area contributed by atoms with Gasteiger partial charge in [-0.25, -0.2) is 0 Å². The Morgan fingerprint density at radius 1 is 1.24 bits per heavy atom. The van der Waals surface area contributed by atoms with E-state index in [1.165, 1.54) is 0 Å². The molecule has 0 fully saturated rings. The number of ketones is 1. The zero-order valence-electron chi connectivity index (χ0n) is 13.9. The van der Waals surface area contributed by atoms with Crippen LogP contribution in [0.4, 0.5) is 5.69 Å². The molecule has 2 aliphatic rings. The summed E-state index contributed by atoms with van der Waals surface area (Å²) >= 11 is 0.